The van der Waals surface area contributed by atoms with Gasteiger partial charge in [0.2, 0.25) is 5.91 Å². The second kappa shape index (κ2) is 9.96. The molecular formula is C22H19Cl2N3O3S. The molecule has 0 radical (unpaired) electrons. The van der Waals surface area contributed by atoms with Crippen LogP contribution in [0.2, 0.25) is 10.0 Å². The molecule has 9 heteroatoms. The SMILES string of the molecule is CN(CC(=O)Nc1c(Cl)cccc1Cl)C(=O)c1ccccc1N(C)C(=O)c1cccs1. The van der Waals surface area contributed by atoms with Gasteiger partial charge in [-0.1, -0.05) is 47.5 Å². The van der Waals surface area contributed by atoms with Crippen molar-refractivity contribution in [2.75, 3.05) is 30.9 Å². The van der Waals surface area contributed by atoms with Gasteiger partial charge in [0.25, 0.3) is 11.8 Å². The van der Waals surface area contributed by atoms with E-state index >= 15 is 0 Å². The highest BCUT2D eigenvalue weighted by Crippen LogP contribution is 2.30. The van der Waals surface area contributed by atoms with Gasteiger partial charge in [-0.2, -0.15) is 0 Å². The van der Waals surface area contributed by atoms with E-state index in [2.05, 4.69) is 5.32 Å². The van der Waals surface area contributed by atoms with Crippen LogP contribution in [-0.2, 0) is 4.79 Å². The Balaban J connectivity index is 1.75. The fourth-order valence-corrected chi connectivity index (χ4v) is 4.10. The summed E-state index contributed by atoms with van der Waals surface area (Å²) in [6, 6.07) is 15.2. The van der Waals surface area contributed by atoms with Crippen LogP contribution in [0, 0.1) is 0 Å². The highest BCUT2D eigenvalue weighted by molar-refractivity contribution is 7.12. The summed E-state index contributed by atoms with van der Waals surface area (Å²) in [4.78, 5) is 41.5. The molecular weight excluding hydrogens is 457 g/mol. The van der Waals surface area contributed by atoms with E-state index in [1.807, 2.05) is 5.38 Å². The number of nitrogens with one attached hydrogen (secondary N) is 1. The number of halogens is 2. The maximum atomic E-state index is 13.1. The lowest BCUT2D eigenvalue weighted by molar-refractivity contribution is -0.116. The normalized spacial score (nSPS) is 10.5. The molecule has 0 saturated carbocycles. The van der Waals surface area contributed by atoms with Crippen molar-refractivity contribution in [2.45, 2.75) is 0 Å². The summed E-state index contributed by atoms with van der Waals surface area (Å²) < 4.78 is 0. The molecule has 3 rings (SSSR count). The molecule has 0 unspecified atom stereocenters. The van der Waals surface area contributed by atoms with E-state index in [0.29, 0.717) is 31.9 Å². The van der Waals surface area contributed by atoms with Gasteiger partial charge in [-0.3, -0.25) is 14.4 Å². The lowest BCUT2D eigenvalue weighted by Crippen LogP contribution is -2.36. The molecule has 0 fully saturated rings. The Hall–Kier alpha value is -2.87. The highest BCUT2D eigenvalue weighted by atomic mass is 35.5. The molecule has 1 aromatic heterocycles. The second-order valence-corrected chi connectivity index (χ2v) is 8.43. The van der Waals surface area contributed by atoms with Crippen molar-refractivity contribution in [1.82, 2.24) is 4.90 Å². The first-order chi connectivity index (χ1) is 14.8. The predicted molar refractivity (Wildman–Crippen MR) is 126 cm³/mol. The van der Waals surface area contributed by atoms with Crippen LogP contribution in [0.3, 0.4) is 0 Å². The molecule has 160 valence electrons. The van der Waals surface area contributed by atoms with Crippen LogP contribution in [0.1, 0.15) is 20.0 Å². The second-order valence-electron chi connectivity index (χ2n) is 6.66. The van der Waals surface area contributed by atoms with Crippen LogP contribution in [0.4, 0.5) is 11.4 Å². The van der Waals surface area contributed by atoms with Crippen LogP contribution in [0.25, 0.3) is 0 Å². The average Bonchev–Trinajstić information content (AvgIpc) is 3.29. The zero-order chi connectivity index (χ0) is 22.5. The Morgan fingerprint density at radius 1 is 0.903 bits per heavy atom. The fourth-order valence-electron chi connectivity index (χ4n) is 2.91. The molecule has 0 bridgehead atoms. The van der Waals surface area contributed by atoms with Gasteiger partial charge in [0.15, 0.2) is 0 Å². The number of hydrogen-bond donors (Lipinski definition) is 1. The highest BCUT2D eigenvalue weighted by Gasteiger charge is 2.23. The molecule has 31 heavy (non-hydrogen) atoms. The van der Waals surface area contributed by atoms with Gasteiger partial charge in [-0.15, -0.1) is 11.3 Å². The number of para-hydroxylation sites is 2. The van der Waals surface area contributed by atoms with Gasteiger partial charge in [0.05, 0.1) is 38.4 Å². The van der Waals surface area contributed by atoms with Gasteiger partial charge in [-0.05, 0) is 35.7 Å². The lowest BCUT2D eigenvalue weighted by Gasteiger charge is -2.23. The minimum atomic E-state index is -0.452. The molecule has 3 amide bonds. The standard InChI is InChI=1S/C22H19Cl2N3O3S/c1-26(13-19(28)25-20-15(23)8-5-9-16(20)24)21(29)14-7-3-4-10-17(14)27(2)22(30)18-11-6-12-31-18/h3-12H,13H2,1-2H3,(H,25,28). The van der Waals surface area contributed by atoms with E-state index in [1.54, 1.807) is 61.6 Å². The monoisotopic (exact) mass is 475 g/mol. The molecule has 1 N–H and O–H groups in total. The maximum absolute atomic E-state index is 13.1. The summed E-state index contributed by atoms with van der Waals surface area (Å²) in [6.45, 7) is -0.225. The van der Waals surface area contributed by atoms with Crippen LogP contribution < -0.4 is 10.2 Å². The largest absolute Gasteiger partial charge is 0.332 e. The summed E-state index contributed by atoms with van der Waals surface area (Å²) in [5.74, 6) is -1.07. The summed E-state index contributed by atoms with van der Waals surface area (Å²) in [6.07, 6.45) is 0. The third kappa shape index (κ3) is 5.25. The molecule has 3 aromatic rings. The van der Waals surface area contributed by atoms with E-state index in [0.717, 1.165) is 0 Å². The molecule has 1 heterocycles. The smallest absolute Gasteiger partial charge is 0.268 e. The number of rotatable bonds is 6. The molecule has 0 aliphatic heterocycles. The third-order valence-corrected chi connectivity index (χ3v) is 5.97. The topological polar surface area (TPSA) is 69.7 Å². The van der Waals surface area contributed by atoms with Crippen molar-refractivity contribution in [2.24, 2.45) is 0 Å². The van der Waals surface area contributed by atoms with Crippen LogP contribution in [-0.4, -0.2) is 43.3 Å². The number of nitrogens with zero attached hydrogens (tertiary/aromatic N) is 2. The van der Waals surface area contributed by atoms with Crippen molar-refractivity contribution >= 4 is 63.6 Å². The van der Waals surface area contributed by atoms with E-state index in [-0.39, 0.29) is 12.5 Å². The predicted octanol–water partition coefficient (Wildman–Crippen LogP) is 5.04. The fraction of sp³-hybridized carbons (Fsp3) is 0.136. The first kappa shape index (κ1) is 22.8. The molecule has 0 saturated heterocycles. The number of amides is 3. The molecule has 0 atom stereocenters. The van der Waals surface area contributed by atoms with Crippen LogP contribution >= 0.6 is 34.5 Å². The summed E-state index contributed by atoms with van der Waals surface area (Å²) >= 11 is 13.5. The minimum absolute atomic E-state index is 0.219. The summed E-state index contributed by atoms with van der Waals surface area (Å²) in [5, 5.41) is 5.05. The number of anilines is 2. The van der Waals surface area contributed by atoms with Gasteiger partial charge >= 0.3 is 0 Å². The number of thiophene rings is 1. The van der Waals surface area contributed by atoms with Crippen molar-refractivity contribution < 1.29 is 14.4 Å². The molecule has 0 aliphatic carbocycles. The molecule has 0 aliphatic rings. The Bertz CT molecular complexity index is 1100. The number of likely N-dealkylation sites (N-methyl/N-ethyl adjacent to an activating group) is 1. The Morgan fingerprint density at radius 2 is 1.58 bits per heavy atom. The summed E-state index contributed by atoms with van der Waals surface area (Å²) in [5.41, 5.74) is 1.05. The van der Waals surface area contributed by atoms with Crippen LogP contribution in [0.5, 0.6) is 0 Å². The van der Waals surface area contributed by atoms with E-state index in [9.17, 15) is 14.4 Å². The van der Waals surface area contributed by atoms with Gasteiger partial charge in [0.1, 0.15) is 0 Å². The molecule has 2 aromatic carbocycles. The zero-order valence-electron chi connectivity index (χ0n) is 16.8. The van der Waals surface area contributed by atoms with E-state index in [4.69, 9.17) is 23.2 Å². The van der Waals surface area contributed by atoms with Gasteiger partial charge in [-0.25, -0.2) is 0 Å². The average molecular weight is 476 g/mol. The van der Waals surface area contributed by atoms with Crippen molar-refractivity contribution in [1.29, 1.82) is 0 Å². The summed E-state index contributed by atoms with van der Waals surface area (Å²) in [7, 11) is 3.12. The van der Waals surface area contributed by atoms with Gasteiger partial charge in [0, 0.05) is 14.1 Å². The first-order valence-corrected chi connectivity index (χ1v) is 10.8. The molecule has 6 nitrogen and oxygen atoms in total. The number of benzene rings is 2. The number of hydrogen-bond acceptors (Lipinski definition) is 4. The quantitative estimate of drug-likeness (QED) is 0.542. The van der Waals surface area contributed by atoms with Crippen LogP contribution in [0.15, 0.2) is 60.0 Å². The Morgan fingerprint density at radius 3 is 2.23 bits per heavy atom. The van der Waals surface area contributed by atoms with E-state index < -0.39 is 11.8 Å². The Labute approximate surface area is 194 Å². The lowest BCUT2D eigenvalue weighted by atomic mass is 10.1. The molecule has 0 spiro atoms. The Kier molecular flexibility index (Phi) is 7.33. The zero-order valence-corrected chi connectivity index (χ0v) is 19.1. The van der Waals surface area contributed by atoms with E-state index in [1.165, 1.54) is 28.2 Å². The van der Waals surface area contributed by atoms with Crippen molar-refractivity contribution in [3.63, 3.8) is 0 Å². The number of carbonyl (C=O) groups excluding carboxylic acids is 3. The van der Waals surface area contributed by atoms with Crippen molar-refractivity contribution in [3.05, 3.63) is 80.5 Å². The van der Waals surface area contributed by atoms with Crippen molar-refractivity contribution in [3.8, 4) is 0 Å². The third-order valence-electron chi connectivity index (χ3n) is 4.49. The van der Waals surface area contributed by atoms with Gasteiger partial charge < -0.3 is 15.1 Å². The minimum Gasteiger partial charge on any atom is -0.332 e. The maximum Gasteiger partial charge on any atom is 0.268 e. The first-order valence-electron chi connectivity index (χ1n) is 9.19. The number of carbonyl (C=O) groups is 3.